The summed E-state index contributed by atoms with van der Waals surface area (Å²) in [6.45, 7) is 1.95. The summed E-state index contributed by atoms with van der Waals surface area (Å²) in [6, 6.07) is 17.3. The molecule has 0 atom stereocenters. The van der Waals surface area contributed by atoms with Crippen molar-refractivity contribution in [1.82, 2.24) is 9.38 Å². The summed E-state index contributed by atoms with van der Waals surface area (Å²) in [5.74, 6) is -0.267. The highest BCUT2D eigenvalue weighted by atomic mass is 79.9. The Morgan fingerprint density at radius 3 is 2.59 bits per heavy atom. The van der Waals surface area contributed by atoms with Gasteiger partial charge in [0.2, 0.25) is 0 Å². The molecule has 4 rings (SSSR count). The van der Waals surface area contributed by atoms with Gasteiger partial charge in [0, 0.05) is 16.2 Å². The molecule has 0 aliphatic carbocycles. The number of anilines is 1. The molecule has 134 valence electrons. The lowest BCUT2D eigenvalue weighted by Crippen LogP contribution is -2.14. The molecule has 0 aliphatic heterocycles. The molecule has 0 unspecified atom stereocenters. The first-order valence-corrected chi connectivity index (χ1v) is 9.13. The Morgan fingerprint density at radius 1 is 1.07 bits per heavy atom. The van der Waals surface area contributed by atoms with Crippen LogP contribution in [0, 0.1) is 12.7 Å². The highest BCUT2D eigenvalue weighted by Gasteiger charge is 2.20. The van der Waals surface area contributed by atoms with Crippen LogP contribution in [0.15, 0.2) is 71.3 Å². The van der Waals surface area contributed by atoms with Gasteiger partial charge in [-0.3, -0.25) is 9.20 Å². The molecule has 2 aromatic heterocycles. The monoisotopic (exact) mass is 423 g/mol. The van der Waals surface area contributed by atoms with Crippen LogP contribution < -0.4 is 5.32 Å². The summed E-state index contributed by atoms with van der Waals surface area (Å²) in [6.07, 6.45) is 1.86. The van der Waals surface area contributed by atoms with Crippen LogP contribution in [-0.4, -0.2) is 15.3 Å². The van der Waals surface area contributed by atoms with Gasteiger partial charge < -0.3 is 5.32 Å². The Kier molecular flexibility index (Phi) is 4.49. The number of nitrogens with one attached hydrogen (secondary N) is 1. The molecule has 2 heterocycles. The number of amides is 1. The minimum absolute atomic E-state index is 0.302. The molecule has 0 radical (unpaired) electrons. The van der Waals surface area contributed by atoms with E-state index in [2.05, 4.69) is 26.2 Å². The SMILES string of the molecule is Cc1ccc2nc(-c3ccccc3F)c(NC(=O)c3ccccc3Br)n2c1. The number of rotatable bonds is 3. The second-order valence-electron chi connectivity index (χ2n) is 6.16. The van der Waals surface area contributed by atoms with Gasteiger partial charge in [-0.25, -0.2) is 9.37 Å². The van der Waals surface area contributed by atoms with Crippen molar-refractivity contribution in [3.05, 3.63) is 88.3 Å². The van der Waals surface area contributed by atoms with E-state index >= 15 is 0 Å². The second kappa shape index (κ2) is 6.96. The van der Waals surface area contributed by atoms with Gasteiger partial charge in [-0.05, 0) is 58.7 Å². The van der Waals surface area contributed by atoms with Crippen molar-refractivity contribution in [3.63, 3.8) is 0 Å². The van der Waals surface area contributed by atoms with Gasteiger partial charge in [-0.2, -0.15) is 0 Å². The highest BCUT2D eigenvalue weighted by Crippen LogP contribution is 2.31. The molecule has 27 heavy (non-hydrogen) atoms. The van der Waals surface area contributed by atoms with Gasteiger partial charge in [0.15, 0.2) is 0 Å². The van der Waals surface area contributed by atoms with E-state index in [-0.39, 0.29) is 5.91 Å². The zero-order chi connectivity index (χ0) is 19.0. The topological polar surface area (TPSA) is 46.4 Å². The van der Waals surface area contributed by atoms with Crippen molar-refractivity contribution in [2.45, 2.75) is 6.92 Å². The molecule has 0 saturated heterocycles. The predicted octanol–water partition coefficient (Wildman–Crippen LogP) is 5.46. The van der Waals surface area contributed by atoms with Gasteiger partial charge in [-0.15, -0.1) is 0 Å². The molecule has 1 amide bonds. The van der Waals surface area contributed by atoms with Gasteiger partial charge in [0.1, 0.15) is 23.0 Å². The molecule has 2 aromatic carbocycles. The minimum Gasteiger partial charge on any atom is -0.306 e. The smallest absolute Gasteiger partial charge is 0.257 e. The van der Waals surface area contributed by atoms with Crippen molar-refractivity contribution >= 4 is 33.3 Å². The van der Waals surface area contributed by atoms with Crippen LogP contribution >= 0.6 is 15.9 Å². The van der Waals surface area contributed by atoms with Crippen LogP contribution in [0.2, 0.25) is 0 Å². The number of carbonyl (C=O) groups is 1. The fraction of sp³-hybridized carbons (Fsp3) is 0.0476. The average molecular weight is 424 g/mol. The Hall–Kier alpha value is -2.99. The number of aromatic nitrogens is 2. The van der Waals surface area contributed by atoms with Crippen molar-refractivity contribution in [2.24, 2.45) is 0 Å². The highest BCUT2D eigenvalue weighted by molar-refractivity contribution is 9.10. The van der Waals surface area contributed by atoms with E-state index in [9.17, 15) is 9.18 Å². The Labute approximate surface area is 163 Å². The maximum atomic E-state index is 14.4. The summed E-state index contributed by atoms with van der Waals surface area (Å²) in [4.78, 5) is 17.4. The zero-order valence-electron chi connectivity index (χ0n) is 14.4. The summed E-state index contributed by atoms with van der Waals surface area (Å²) < 4.78 is 16.9. The number of benzene rings is 2. The maximum absolute atomic E-state index is 14.4. The molecular weight excluding hydrogens is 409 g/mol. The number of halogens is 2. The lowest BCUT2D eigenvalue weighted by atomic mass is 10.1. The van der Waals surface area contributed by atoms with E-state index in [0.29, 0.717) is 32.8 Å². The number of imidazole rings is 1. The fourth-order valence-electron chi connectivity index (χ4n) is 2.93. The van der Waals surface area contributed by atoms with Gasteiger partial charge in [0.25, 0.3) is 5.91 Å². The zero-order valence-corrected chi connectivity index (χ0v) is 16.0. The summed E-state index contributed by atoms with van der Waals surface area (Å²) in [5, 5.41) is 2.91. The third-order valence-corrected chi connectivity index (χ3v) is 4.94. The Bertz CT molecular complexity index is 1170. The Balaban J connectivity index is 1.89. The molecule has 0 bridgehead atoms. The van der Waals surface area contributed by atoms with Gasteiger partial charge >= 0.3 is 0 Å². The average Bonchev–Trinajstić information content (AvgIpc) is 3.00. The first kappa shape index (κ1) is 17.4. The van der Waals surface area contributed by atoms with E-state index in [0.717, 1.165) is 5.56 Å². The van der Waals surface area contributed by atoms with E-state index < -0.39 is 5.82 Å². The molecule has 0 saturated carbocycles. The summed E-state index contributed by atoms with van der Waals surface area (Å²) in [5.41, 5.74) is 2.83. The molecule has 0 spiro atoms. The molecule has 4 aromatic rings. The van der Waals surface area contributed by atoms with E-state index in [1.165, 1.54) is 6.07 Å². The van der Waals surface area contributed by atoms with Crippen molar-refractivity contribution < 1.29 is 9.18 Å². The molecule has 6 heteroatoms. The van der Waals surface area contributed by atoms with Crippen molar-refractivity contribution in [3.8, 4) is 11.3 Å². The third-order valence-electron chi connectivity index (χ3n) is 4.25. The van der Waals surface area contributed by atoms with Gasteiger partial charge in [-0.1, -0.05) is 30.3 Å². The van der Waals surface area contributed by atoms with Crippen LogP contribution in [0.5, 0.6) is 0 Å². The lowest BCUT2D eigenvalue weighted by Gasteiger charge is -2.10. The molecule has 0 fully saturated rings. The molecule has 1 N–H and O–H groups in total. The van der Waals surface area contributed by atoms with Crippen LogP contribution in [0.25, 0.3) is 16.9 Å². The number of hydrogen-bond acceptors (Lipinski definition) is 2. The minimum atomic E-state index is -0.394. The summed E-state index contributed by atoms with van der Waals surface area (Å²) >= 11 is 3.39. The number of carbonyl (C=O) groups excluding carboxylic acids is 1. The van der Waals surface area contributed by atoms with Crippen LogP contribution in [0.4, 0.5) is 10.2 Å². The molecular formula is C21H15BrFN3O. The van der Waals surface area contributed by atoms with Crippen molar-refractivity contribution in [2.75, 3.05) is 5.32 Å². The predicted molar refractivity (Wildman–Crippen MR) is 107 cm³/mol. The first-order valence-electron chi connectivity index (χ1n) is 8.34. The first-order chi connectivity index (χ1) is 13.0. The van der Waals surface area contributed by atoms with Gasteiger partial charge in [0.05, 0.1) is 5.56 Å². The third kappa shape index (κ3) is 3.24. The van der Waals surface area contributed by atoms with Crippen molar-refractivity contribution in [1.29, 1.82) is 0 Å². The Morgan fingerprint density at radius 2 is 1.81 bits per heavy atom. The summed E-state index contributed by atoms with van der Waals surface area (Å²) in [7, 11) is 0. The number of nitrogens with zero attached hydrogens (tertiary/aromatic N) is 2. The fourth-order valence-corrected chi connectivity index (χ4v) is 3.40. The number of hydrogen-bond donors (Lipinski definition) is 1. The normalized spacial score (nSPS) is 10.9. The number of fused-ring (bicyclic) bond motifs is 1. The van der Waals surface area contributed by atoms with Crippen LogP contribution in [0.1, 0.15) is 15.9 Å². The second-order valence-corrected chi connectivity index (χ2v) is 7.01. The quantitative estimate of drug-likeness (QED) is 0.475. The maximum Gasteiger partial charge on any atom is 0.257 e. The van der Waals surface area contributed by atoms with Crippen LogP contribution in [0.3, 0.4) is 0 Å². The van der Waals surface area contributed by atoms with E-state index in [1.807, 2.05) is 31.3 Å². The van der Waals surface area contributed by atoms with Crippen LogP contribution in [-0.2, 0) is 0 Å². The lowest BCUT2D eigenvalue weighted by molar-refractivity contribution is 0.102. The number of pyridine rings is 1. The largest absolute Gasteiger partial charge is 0.306 e. The molecule has 4 nitrogen and oxygen atoms in total. The molecule has 0 aliphatic rings. The van der Waals surface area contributed by atoms with E-state index in [1.54, 1.807) is 40.8 Å². The standard InChI is InChI=1S/C21H15BrFN3O/c1-13-10-11-18-24-19(15-7-3-5-9-17(15)23)20(26(18)12-13)25-21(27)14-6-2-4-8-16(14)22/h2-12H,1H3,(H,25,27). The van der Waals surface area contributed by atoms with E-state index in [4.69, 9.17) is 0 Å². The number of aryl methyl sites for hydroxylation is 1.